The number of aromatic nitrogens is 2. The zero-order valence-electron chi connectivity index (χ0n) is 21.3. The van der Waals surface area contributed by atoms with Gasteiger partial charge in [0.15, 0.2) is 11.5 Å². The number of ether oxygens (including phenoxy) is 3. The van der Waals surface area contributed by atoms with E-state index in [0.717, 1.165) is 73.3 Å². The van der Waals surface area contributed by atoms with Gasteiger partial charge in [-0.15, -0.1) is 0 Å². The molecule has 2 fully saturated rings. The number of hydrogen-bond acceptors (Lipinski definition) is 8. The lowest BCUT2D eigenvalue weighted by Crippen LogP contribution is -2.47. The summed E-state index contributed by atoms with van der Waals surface area (Å²) in [7, 11) is 7.23. The molecule has 3 aromatic rings. The number of nitrogens with zero attached hydrogens (tertiary/aromatic N) is 5. The van der Waals surface area contributed by atoms with Crippen LogP contribution in [0.25, 0.3) is 10.9 Å². The Kier molecular flexibility index (Phi) is 6.56. The van der Waals surface area contributed by atoms with Crippen molar-refractivity contribution in [2.75, 3.05) is 77.4 Å². The largest absolute Gasteiger partial charge is 0.495 e. The lowest BCUT2D eigenvalue weighted by Gasteiger charge is -2.37. The van der Waals surface area contributed by atoms with Gasteiger partial charge in [0.1, 0.15) is 17.4 Å². The highest BCUT2D eigenvalue weighted by Gasteiger charge is 2.32. The van der Waals surface area contributed by atoms with Crippen LogP contribution in [0, 0.1) is 5.92 Å². The molecule has 2 aliphatic heterocycles. The van der Waals surface area contributed by atoms with E-state index in [9.17, 15) is 0 Å². The van der Waals surface area contributed by atoms with Crippen LogP contribution in [0.5, 0.6) is 17.2 Å². The molecule has 0 spiro atoms. The topological polar surface area (TPSA) is 63.2 Å². The van der Waals surface area contributed by atoms with Crippen LogP contribution >= 0.6 is 0 Å². The van der Waals surface area contributed by atoms with Crippen LogP contribution in [0.2, 0.25) is 0 Å². The first-order chi connectivity index (χ1) is 17.0. The Morgan fingerprint density at radius 3 is 2.11 bits per heavy atom. The summed E-state index contributed by atoms with van der Waals surface area (Å²) in [4.78, 5) is 17.4. The van der Waals surface area contributed by atoms with Gasteiger partial charge in [-0.3, -0.25) is 0 Å². The van der Waals surface area contributed by atoms with Crippen molar-refractivity contribution in [2.45, 2.75) is 12.8 Å². The van der Waals surface area contributed by atoms with Gasteiger partial charge in [-0.2, -0.15) is 0 Å². The highest BCUT2D eigenvalue weighted by molar-refractivity contribution is 5.92. The average Bonchev–Trinajstić information content (AvgIpc) is 3.24. The van der Waals surface area contributed by atoms with E-state index in [1.165, 1.54) is 0 Å². The zero-order valence-corrected chi connectivity index (χ0v) is 21.3. The summed E-state index contributed by atoms with van der Waals surface area (Å²) in [5.74, 6) is 5.01. The Morgan fingerprint density at radius 2 is 1.46 bits per heavy atom. The van der Waals surface area contributed by atoms with E-state index in [2.05, 4.69) is 40.8 Å². The van der Waals surface area contributed by atoms with E-state index >= 15 is 0 Å². The van der Waals surface area contributed by atoms with Gasteiger partial charge in [0.2, 0.25) is 0 Å². The van der Waals surface area contributed by atoms with E-state index in [1.807, 2.05) is 24.3 Å². The maximum atomic E-state index is 5.62. The maximum Gasteiger partial charge on any atom is 0.162 e. The lowest BCUT2D eigenvalue weighted by molar-refractivity contribution is 0.355. The normalized spacial score (nSPS) is 20.9. The molecule has 35 heavy (non-hydrogen) atoms. The van der Waals surface area contributed by atoms with Gasteiger partial charge in [0.25, 0.3) is 0 Å². The summed E-state index contributed by atoms with van der Waals surface area (Å²) < 4.78 is 16.8. The second-order valence-electron chi connectivity index (χ2n) is 9.58. The Bertz CT molecular complexity index is 1190. The molecule has 186 valence electrons. The van der Waals surface area contributed by atoms with Crippen LogP contribution in [0.1, 0.15) is 18.7 Å². The van der Waals surface area contributed by atoms with E-state index in [1.54, 1.807) is 21.3 Å². The summed E-state index contributed by atoms with van der Waals surface area (Å²) in [5, 5.41) is 0.996. The quantitative estimate of drug-likeness (QED) is 0.533. The monoisotopic (exact) mass is 477 g/mol. The van der Waals surface area contributed by atoms with E-state index in [-0.39, 0.29) is 0 Å². The molecule has 1 aromatic heterocycles. The second kappa shape index (κ2) is 9.77. The highest BCUT2D eigenvalue weighted by Crippen LogP contribution is 2.38. The van der Waals surface area contributed by atoms with Crippen LogP contribution in [0.15, 0.2) is 36.4 Å². The molecule has 0 N–H and O–H groups in total. The fraction of sp³-hybridized carbons (Fsp3) is 0.481. The summed E-state index contributed by atoms with van der Waals surface area (Å²) in [5.41, 5.74) is 2.04. The fourth-order valence-electron chi connectivity index (χ4n) is 5.46. The first-order valence-electron chi connectivity index (χ1n) is 12.3. The number of likely N-dealkylation sites (tertiary alicyclic amines) is 1. The van der Waals surface area contributed by atoms with Crippen LogP contribution in [0.3, 0.4) is 0 Å². The molecule has 2 atom stereocenters. The molecule has 2 aromatic carbocycles. The molecule has 0 amide bonds. The molecule has 2 saturated heterocycles. The minimum Gasteiger partial charge on any atom is -0.495 e. The lowest BCUT2D eigenvalue weighted by atomic mass is 9.97. The Morgan fingerprint density at radius 1 is 0.800 bits per heavy atom. The smallest absolute Gasteiger partial charge is 0.162 e. The van der Waals surface area contributed by atoms with Gasteiger partial charge >= 0.3 is 0 Å². The van der Waals surface area contributed by atoms with Crippen LogP contribution in [-0.4, -0.2) is 82.5 Å². The summed E-state index contributed by atoms with van der Waals surface area (Å²) in [6.45, 7) is 7.82. The Balaban J connectivity index is 1.52. The third-order valence-electron chi connectivity index (χ3n) is 7.33. The fourth-order valence-corrected chi connectivity index (χ4v) is 5.46. The van der Waals surface area contributed by atoms with Crippen molar-refractivity contribution >= 4 is 22.4 Å². The number of piperazine rings is 1. The van der Waals surface area contributed by atoms with Crippen molar-refractivity contribution in [2.24, 2.45) is 5.92 Å². The van der Waals surface area contributed by atoms with Crippen LogP contribution in [0.4, 0.5) is 11.5 Å². The molecule has 8 heteroatoms. The summed E-state index contributed by atoms with van der Waals surface area (Å²) in [6.07, 6.45) is 0. The second-order valence-corrected chi connectivity index (χ2v) is 9.58. The predicted molar refractivity (Wildman–Crippen MR) is 139 cm³/mol. The average molecular weight is 478 g/mol. The van der Waals surface area contributed by atoms with Crippen molar-refractivity contribution in [3.8, 4) is 17.2 Å². The first-order valence-corrected chi connectivity index (χ1v) is 12.3. The molecule has 0 bridgehead atoms. The number of hydrogen-bond donors (Lipinski definition) is 0. The maximum absolute atomic E-state index is 5.62. The number of fused-ring (bicyclic) bond motifs is 1. The molecule has 3 heterocycles. The SMILES string of the molecule is COc1cc2nc([C@@H]3CN(C)CC3C)nc(N3CCN(c4ccccc4OC)CC3)c2cc1OC. The van der Waals surface area contributed by atoms with Crippen molar-refractivity contribution in [1.82, 2.24) is 14.9 Å². The third-order valence-corrected chi connectivity index (χ3v) is 7.33. The standard InChI is InChI=1S/C27H35N5O3/c1-18-16-30(2)17-20(18)26-28-21-15-25(35-5)24(34-4)14-19(21)27(29-26)32-12-10-31(11-13-32)22-8-6-7-9-23(22)33-3/h6-9,14-15,18,20H,10-13,16-17H2,1-5H3/t18?,20-/m1/s1. The Hall–Kier alpha value is -3.26. The summed E-state index contributed by atoms with van der Waals surface area (Å²) in [6, 6.07) is 12.2. The van der Waals surface area contributed by atoms with E-state index in [0.29, 0.717) is 23.3 Å². The van der Waals surface area contributed by atoms with E-state index in [4.69, 9.17) is 24.2 Å². The van der Waals surface area contributed by atoms with Crippen molar-refractivity contribution in [3.05, 3.63) is 42.2 Å². The minimum atomic E-state index is 0.311. The number of methoxy groups -OCH3 is 3. The van der Waals surface area contributed by atoms with Gasteiger partial charge in [0.05, 0.1) is 32.5 Å². The molecule has 8 nitrogen and oxygen atoms in total. The number of rotatable bonds is 6. The van der Waals surface area contributed by atoms with Crippen molar-refractivity contribution in [3.63, 3.8) is 0 Å². The number of para-hydroxylation sites is 2. The zero-order chi connectivity index (χ0) is 24.5. The van der Waals surface area contributed by atoms with Crippen LogP contribution in [-0.2, 0) is 0 Å². The van der Waals surface area contributed by atoms with E-state index < -0.39 is 0 Å². The highest BCUT2D eigenvalue weighted by atomic mass is 16.5. The molecule has 0 aliphatic carbocycles. The van der Waals surface area contributed by atoms with Gasteiger partial charge in [-0.05, 0) is 31.2 Å². The summed E-state index contributed by atoms with van der Waals surface area (Å²) >= 11 is 0. The third kappa shape index (κ3) is 4.43. The first kappa shape index (κ1) is 23.5. The van der Waals surface area contributed by atoms with Gasteiger partial charge in [-0.25, -0.2) is 9.97 Å². The molecule has 0 radical (unpaired) electrons. The van der Waals surface area contributed by atoms with Crippen molar-refractivity contribution in [1.29, 1.82) is 0 Å². The number of likely N-dealkylation sites (N-methyl/N-ethyl adjacent to an activating group) is 1. The van der Waals surface area contributed by atoms with Crippen LogP contribution < -0.4 is 24.0 Å². The molecule has 2 aliphatic rings. The molecule has 0 saturated carbocycles. The molecule has 1 unspecified atom stereocenters. The van der Waals surface area contributed by atoms with Gasteiger partial charge < -0.3 is 28.9 Å². The number of benzene rings is 2. The van der Waals surface area contributed by atoms with Gasteiger partial charge in [-0.1, -0.05) is 19.1 Å². The molecular formula is C27H35N5O3. The number of anilines is 2. The van der Waals surface area contributed by atoms with Gasteiger partial charge in [0, 0.05) is 56.6 Å². The molecular weight excluding hydrogens is 442 g/mol. The molecule has 5 rings (SSSR count). The predicted octanol–water partition coefficient (Wildman–Crippen LogP) is 3.65. The van der Waals surface area contributed by atoms with Crippen molar-refractivity contribution < 1.29 is 14.2 Å². The minimum absolute atomic E-state index is 0.311. The Labute approximate surface area is 207 Å².